The van der Waals surface area contributed by atoms with E-state index in [9.17, 15) is 4.79 Å². The van der Waals surface area contributed by atoms with Crippen LogP contribution >= 0.6 is 12.4 Å². The molecule has 0 aliphatic carbocycles. The van der Waals surface area contributed by atoms with E-state index in [1.54, 1.807) is 11.6 Å². The molecule has 1 aliphatic rings. The normalized spacial score (nSPS) is 17.0. The van der Waals surface area contributed by atoms with Gasteiger partial charge in [-0.05, 0) is 35.8 Å². The molecule has 1 heterocycles. The number of hydrogen-bond donors (Lipinski definition) is 3. The summed E-state index contributed by atoms with van der Waals surface area (Å²) in [5.41, 5.74) is 4.91. The lowest BCUT2D eigenvalue weighted by Crippen LogP contribution is -2.25. The lowest BCUT2D eigenvalue weighted by molar-refractivity contribution is -0.124. The number of carbonyl (C=O) groups excluding carboxylic acids is 1. The lowest BCUT2D eigenvalue weighted by Gasteiger charge is -2.17. The Morgan fingerprint density at radius 1 is 1.15 bits per heavy atom. The van der Waals surface area contributed by atoms with Crippen LogP contribution in [0.3, 0.4) is 0 Å². The highest BCUT2D eigenvalue weighted by Gasteiger charge is 2.22. The van der Waals surface area contributed by atoms with Gasteiger partial charge in [-0.2, -0.15) is 0 Å². The third kappa shape index (κ3) is 5.88. The minimum absolute atomic E-state index is 0. The largest absolute Gasteiger partial charge is 0.381 e. The molecule has 2 aromatic rings. The summed E-state index contributed by atoms with van der Waals surface area (Å²) in [6.07, 6.45) is 4.08. The Morgan fingerprint density at radius 2 is 1.88 bits per heavy atom. The van der Waals surface area contributed by atoms with Crippen molar-refractivity contribution in [2.75, 3.05) is 18.4 Å². The molecular weight excluding hydrogens is 350 g/mol. The van der Waals surface area contributed by atoms with Crippen LogP contribution in [0, 0.1) is 0 Å². The molecule has 1 saturated heterocycles. The van der Waals surface area contributed by atoms with Crippen LogP contribution in [0.25, 0.3) is 6.08 Å². The maximum atomic E-state index is 11.0. The van der Waals surface area contributed by atoms with Crippen molar-refractivity contribution in [3.8, 4) is 0 Å². The van der Waals surface area contributed by atoms with E-state index < -0.39 is 5.91 Å². The fourth-order valence-electron chi connectivity index (χ4n) is 3.07. The number of nitrogens with zero attached hydrogens (tertiary/aromatic N) is 1. The number of anilines is 1. The van der Waals surface area contributed by atoms with Crippen molar-refractivity contribution < 1.29 is 10.0 Å². The number of hydroxylamine groups is 1. The molecular formula is C20H24ClN3O2. The Morgan fingerprint density at radius 3 is 2.58 bits per heavy atom. The molecule has 0 aromatic heterocycles. The average Bonchev–Trinajstić information content (AvgIpc) is 3.08. The number of rotatable bonds is 6. The summed E-state index contributed by atoms with van der Waals surface area (Å²) in [5, 5.41) is 12.0. The first-order valence-corrected chi connectivity index (χ1v) is 8.48. The van der Waals surface area contributed by atoms with Crippen LogP contribution in [0.4, 0.5) is 5.69 Å². The smallest absolute Gasteiger partial charge is 0.267 e. The molecule has 6 heteroatoms. The number of likely N-dealkylation sites (tertiary alicyclic amines) is 1. The maximum absolute atomic E-state index is 11.0. The Hall–Kier alpha value is -2.34. The van der Waals surface area contributed by atoms with Gasteiger partial charge in [-0.25, -0.2) is 5.48 Å². The Bertz CT molecular complexity index is 720. The van der Waals surface area contributed by atoms with Crippen LogP contribution in [-0.4, -0.2) is 35.1 Å². The molecule has 0 unspecified atom stereocenters. The van der Waals surface area contributed by atoms with Gasteiger partial charge in [-0.1, -0.05) is 42.5 Å². The van der Waals surface area contributed by atoms with Crippen LogP contribution in [0.5, 0.6) is 0 Å². The van der Waals surface area contributed by atoms with Gasteiger partial charge in [0.25, 0.3) is 5.91 Å². The third-order valence-corrected chi connectivity index (χ3v) is 4.34. The molecule has 26 heavy (non-hydrogen) atoms. The van der Waals surface area contributed by atoms with Crippen molar-refractivity contribution in [1.29, 1.82) is 0 Å². The van der Waals surface area contributed by atoms with Gasteiger partial charge in [-0.15, -0.1) is 12.4 Å². The topological polar surface area (TPSA) is 64.6 Å². The average molecular weight is 374 g/mol. The van der Waals surface area contributed by atoms with Crippen LogP contribution in [0.1, 0.15) is 17.5 Å². The van der Waals surface area contributed by atoms with Crippen LogP contribution < -0.4 is 10.8 Å². The zero-order valence-corrected chi connectivity index (χ0v) is 15.3. The minimum atomic E-state index is -0.535. The molecule has 0 radical (unpaired) electrons. The predicted molar refractivity (Wildman–Crippen MR) is 106 cm³/mol. The van der Waals surface area contributed by atoms with Crippen LogP contribution in [0.15, 0.2) is 60.7 Å². The number of amides is 1. The highest BCUT2D eigenvalue weighted by molar-refractivity contribution is 5.90. The first kappa shape index (κ1) is 20.0. The quantitative estimate of drug-likeness (QED) is 0.413. The summed E-state index contributed by atoms with van der Waals surface area (Å²) >= 11 is 0. The van der Waals surface area contributed by atoms with Crippen molar-refractivity contribution in [2.24, 2.45) is 0 Å². The SMILES string of the molecule is Cl.O=C(/C=C/c1ccc(N[C@@H]2CCN(Cc3ccccc3)C2)cc1)NO. The van der Waals surface area contributed by atoms with Crippen LogP contribution in [0.2, 0.25) is 0 Å². The van der Waals surface area contributed by atoms with E-state index in [1.165, 1.54) is 11.6 Å². The minimum Gasteiger partial charge on any atom is -0.381 e. The van der Waals surface area contributed by atoms with E-state index in [4.69, 9.17) is 5.21 Å². The number of nitrogens with one attached hydrogen (secondary N) is 2. The van der Waals surface area contributed by atoms with E-state index in [-0.39, 0.29) is 12.4 Å². The molecule has 1 amide bonds. The standard InChI is InChI=1S/C20H23N3O2.ClH/c24-20(22-25)11-8-16-6-9-18(10-7-16)21-19-12-13-23(15-19)14-17-4-2-1-3-5-17;/h1-11,19,21,25H,12-15H2,(H,22,24);1H/b11-8+;/t19-;/m1./s1. The fraction of sp³-hybridized carbons (Fsp3) is 0.250. The Balaban J connectivity index is 0.00000243. The molecule has 1 atom stereocenters. The second-order valence-electron chi connectivity index (χ2n) is 6.28. The molecule has 2 aromatic carbocycles. The van der Waals surface area contributed by atoms with Gasteiger partial charge in [0.15, 0.2) is 0 Å². The van der Waals surface area contributed by atoms with Gasteiger partial charge < -0.3 is 5.32 Å². The van der Waals surface area contributed by atoms with E-state index >= 15 is 0 Å². The molecule has 3 rings (SSSR count). The summed E-state index contributed by atoms with van der Waals surface area (Å²) < 4.78 is 0. The number of benzene rings is 2. The molecule has 0 bridgehead atoms. The Labute approximate surface area is 160 Å². The van der Waals surface area contributed by atoms with E-state index in [0.29, 0.717) is 6.04 Å². The molecule has 138 valence electrons. The summed E-state index contributed by atoms with van der Waals surface area (Å²) in [7, 11) is 0. The summed E-state index contributed by atoms with van der Waals surface area (Å²) in [6, 6.07) is 18.9. The first-order chi connectivity index (χ1) is 12.2. The first-order valence-electron chi connectivity index (χ1n) is 8.48. The molecule has 3 N–H and O–H groups in total. The predicted octanol–water partition coefficient (Wildman–Crippen LogP) is 3.31. The van der Waals surface area contributed by atoms with Gasteiger partial charge >= 0.3 is 0 Å². The monoisotopic (exact) mass is 373 g/mol. The zero-order chi connectivity index (χ0) is 17.5. The zero-order valence-electron chi connectivity index (χ0n) is 14.5. The van der Waals surface area contributed by atoms with E-state index in [1.807, 2.05) is 30.3 Å². The summed E-state index contributed by atoms with van der Waals surface area (Å²) in [5.74, 6) is -0.535. The molecule has 0 spiro atoms. The van der Waals surface area contributed by atoms with Gasteiger partial charge in [-0.3, -0.25) is 14.9 Å². The van der Waals surface area contributed by atoms with Crippen molar-refractivity contribution >= 4 is 30.1 Å². The molecule has 0 saturated carbocycles. The van der Waals surface area contributed by atoms with Gasteiger partial charge in [0.2, 0.25) is 0 Å². The van der Waals surface area contributed by atoms with Crippen LogP contribution in [-0.2, 0) is 11.3 Å². The van der Waals surface area contributed by atoms with Gasteiger partial charge in [0.05, 0.1) is 0 Å². The lowest BCUT2D eigenvalue weighted by atomic mass is 10.1. The Kier molecular flexibility index (Phi) is 7.66. The molecule has 1 aliphatic heterocycles. The van der Waals surface area contributed by atoms with Crippen molar-refractivity contribution in [3.05, 3.63) is 71.8 Å². The summed E-state index contributed by atoms with van der Waals surface area (Å²) in [6.45, 7) is 3.13. The van der Waals surface area contributed by atoms with E-state index in [0.717, 1.165) is 37.3 Å². The number of carbonyl (C=O) groups is 1. The highest BCUT2D eigenvalue weighted by atomic mass is 35.5. The fourth-order valence-corrected chi connectivity index (χ4v) is 3.07. The van der Waals surface area contributed by atoms with Crippen molar-refractivity contribution in [3.63, 3.8) is 0 Å². The van der Waals surface area contributed by atoms with Crippen molar-refractivity contribution in [1.82, 2.24) is 10.4 Å². The van der Waals surface area contributed by atoms with E-state index in [2.05, 4.69) is 34.5 Å². The number of hydrogen-bond acceptors (Lipinski definition) is 4. The second kappa shape index (κ2) is 9.97. The molecule has 5 nitrogen and oxygen atoms in total. The maximum Gasteiger partial charge on any atom is 0.267 e. The van der Waals surface area contributed by atoms with Crippen molar-refractivity contribution in [2.45, 2.75) is 19.0 Å². The second-order valence-corrected chi connectivity index (χ2v) is 6.28. The number of halogens is 1. The highest BCUT2D eigenvalue weighted by Crippen LogP contribution is 2.18. The van der Waals surface area contributed by atoms with Gasteiger partial charge in [0, 0.05) is 37.4 Å². The van der Waals surface area contributed by atoms with Gasteiger partial charge in [0.1, 0.15) is 0 Å². The third-order valence-electron chi connectivity index (χ3n) is 4.34. The summed E-state index contributed by atoms with van der Waals surface area (Å²) in [4.78, 5) is 13.4. The molecule has 1 fully saturated rings.